The zero-order valence-corrected chi connectivity index (χ0v) is 14.3. The van der Waals surface area contributed by atoms with E-state index in [1.54, 1.807) is 30.3 Å². The molecule has 1 aliphatic heterocycles. The average molecular weight is 373 g/mol. The van der Waals surface area contributed by atoms with Crippen molar-refractivity contribution in [3.8, 4) is 0 Å². The first-order valence-corrected chi connectivity index (χ1v) is 8.34. The zero-order valence-electron chi connectivity index (χ0n) is 14.3. The highest BCUT2D eigenvalue weighted by Crippen LogP contribution is 2.20. The van der Waals surface area contributed by atoms with Gasteiger partial charge < -0.3 is 5.32 Å². The maximum absolute atomic E-state index is 13.6. The number of benzene rings is 2. The zero-order chi connectivity index (χ0) is 19.4. The van der Waals surface area contributed by atoms with Crippen molar-refractivity contribution >= 4 is 23.5 Å². The molecule has 6 nitrogen and oxygen atoms in total. The Bertz CT molecular complexity index is 854. The van der Waals surface area contributed by atoms with Gasteiger partial charge in [0.2, 0.25) is 5.91 Å². The Morgan fingerprint density at radius 3 is 2.33 bits per heavy atom. The Morgan fingerprint density at radius 2 is 1.67 bits per heavy atom. The summed E-state index contributed by atoms with van der Waals surface area (Å²) in [6, 6.07) is 11.6. The Morgan fingerprint density at radius 1 is 1.00 bits per heavy atom. The van der Waals surface area contributed by atoms with Crippen LogP contribution in [0.1, 0.15) is 5.56 Å². The molecule has 1 heterocycles. The van der Waals surface area contributed by atoms with Crippen LogP contribution in [-0.4, -0.2) is 42.4 Å². The lowest BCUT2D eigenvalue weighted by Crippen LogP contribution is -2.42. The number of nitrogens with zero attached hydrogens (tertiary/aromatic N) is 2. The maximum Gasteiger partial charge on any atom is 0.332 e. The monoisotopic (exact) mass is 373 g/mol. The Hall–Kier alpha value is -3.29. The first kappa shape index (κ1) is 18.5. The average Bonchev–Trinajstić information content (AvgIpc) is 2.93. The number of urea groups is 1. The fourth-order valence-corrected chi connectivity index (χ4v) is 2.80. The lowest BCUT2D eigenvalue weighted by molar-refractivity contribution is -0.130. The van der Waals surface area contributed by atoms with Gasteiger partial charge in [0.05, 0.1) is 0 Å². The van der Waals surface area contributed by atoms with Crippen molar-refractivity contribution in [3.63, 3.8) is 0 Å². The molecule has 8 heteroatoms. The third-order valence-electron chi connectivity index (χ3n) is 4.18. The van der Waals surface area contributed by atoms with Gasteiger partial charge in [-0.15, -0.1) is 0 Å². The molecule has 4 amide bonds. The van der Waals surface area contributed by atoms with Gasteiger partial charge in [0.1, 0.15) is 24.7 Å². The van der Waals surface area contributed by atoms with E-state index in [2.05, 4.69) is 5.32 Å². The second-order valence-corrected chi connectivity index (χ2v) is 5.98. The number of carbonyl (C=O) groups excluding carboxylic acids is 3. The molecule has 2 aromatic rings. The van der Waals surface area contributed by atoms with Crippen molar-refractivity contribution in [2.45, 2.75) is 6.42 Å². The van der Waals surface area contributed by atoms with E-state index in [-0.39, 0.29) is 25.1 Å². The number of anilines is 1. The second kappa shape index (κ2) is 7.94. The van der Waals surface area contributed by atoms with Crippen LogP contribution in [0.25, 0.3) is 0 Å². The predicted molar refractivity (Wildman–Crippen MR) is 94.0 cm³/mol. The van der Waals surface area contributed by atoms with Crippen LogP contribution in [0.3, 0.4) is 0 Å². The number of amides is 4. The van der Waals surface area contributed by atoms with E-state index in [9.17, 15) is 23.2 Å². The fourth-order valence-electron chi connectivity index (χ4n) is 2.80. The number of imide groups is 1. The van der Waals surface area contributed by atoms with Crippen molar-refractivity contribution in [1.29, 1.82) is 0 Å². The molecule has 0 radical (unpaired) electrons. The minimum atomic E-state index is -0.687. The fraction of sp³-hybridized carbons (Fsp3) is 0.211. The van der Waals surface area contributed by atoms with Crippen molar-refractivity contribution in [2.24, 2.45) is 0 Å². The third kappa shape index (κ3) is 4.11. The van der Waals surface area contributed by atoms with Gasteiger partial charge in [-0.2, -0.15) is 0 Å². The van der Waals surface area contributed by atoms with Gasteiger partial charge in [-0.05, 0) is 30.7 Å². The van der Waals surface area contributed by atoms with E-state index in [1.807, 2.05) is 0 Å². The van der Waals surface area contributed by atoms with E-state index in [0.717, 1.165) is 17.0 Å². The number of rotatable bonds is 6. The number of carbonyl (C=O) groups is 3. The van der Waals surface area contributed by atoms with Crippen molar-refractivity contribution in [3.05, 3.63) is 65.7 Å². The van der Waals surface area contributed by atoms with E-state index in [1.165, 1.54) is 11.0 Å². The first-order chi connectivity index (χ1) is 13.0. The normalized spacial score (nSPS) is 14.0. The van der Waals surface area contributed by atoms with Crippen LogP contribution in [-0.2, 0) is 16.0 Å². The van der Waals surface area contributed by atoms with Crippen LogP contribution in [0.15, 0.2) is 48.5 Å². The summed E-state index contributed by atoms with van der Waals surface area (Å²) in [5.41, 5.74) is 0.440. The molecular formula is C19H17F2N3O3. The summed E-state index contributed by atoms with van der Waals surface area (Å²) in [7, 11) is 0. The number of hydrogen-bond acceptors (Lipinski definition) is 3. The molecule has 27 heavy (non-hydrogen) atoms. The highest BCUT2D eigenvalue weighted by Gasteiger charge is 2.37. The van der Waals surface area contributed by atoms with E-state index < -0.39 is 36.0 Å². The van der Waals surface area contributed by atoms with Crippen molar-refractivity contribution in [2.75, 3.05) is 24.5 Å². The molecule has 1 aliphatic rings. The van der Waals surface area contributed by atoms with Crippen LogP contribution >= 0.6 is 0 Å². The molecule has 1 N–H and O–H groups in total. The SMILES string of the molecule is O=C(CN1C(=O)CN(c2ccccc2)C1=O)NCCc1c(F)cccc1F. The van der Waals surface area contributed by atoms with Gasteiger partial charge in [0.15, 0.2) is 0 Å². The van der Waals surface area contributed by atoms with Gasteiger partial charge in [-0.25, -0.2) is 13.6 Å². The number of hydrogen-bond donors (Lipinski definition) is 1. The molecule has 0 saturated carbocycles. The Labute approximate surface area is 154 Å². The lowest BCUT2D eigenvalue weighted by Gasteiger charge is -2.17. The maximum atomic E-state index is 13.6. The molecule has 1 fully saturated rings. The quantitative estimate of drug-likeness (QED) is 0.789. The highest BCUT2D eigenvalue weighted by atomic mass is 19.1. The lowest BCUT2D eigenvalue weighted by atomic mass is 10.1. The van der Waals surface area contributed by atoms with Crippen LogP contribution in [0.4, 0.5) is 19.3 Å². The molecule has 140 valence electrons. The summed E-state index contributed by atoms with van der Waals surface area (Å²) in [6.07, 6.45) is -0.0394. The van der Waals surface area contributed by atoms with Gasteiger partial charge in [0, 0.05) is 17.8 Å². The van der Waals surface area contributed by atoms with E-state index in [0.29, 0.717) is 5.69 Å². The molecule has 0 aliphatic carbocycles. The highest BCUT2D eigenvalue weighted by molar-refractivity contribution is 6.13. The molecule has 0 spiro atoms. The van der Waals surface area contributed by atoms with Crippen LogP contribution in [0, 0.1) is 11.6 Å². The van der Waals surface area contributed by atoms with Gasteiger partial charge in [-0.1, -0.05) is 24.3 Å². The smallest absolute Gasteiger partial charge is 0.332 e. The first-order valence-electron chi connectivity index (χ1n) is 8.34. The van der Waals surface area contributed by atoms with E-state index in [4.69, 9.17) is 0 Å². The largest absolute Gasteiger partial charge is 0.354 e. The molecule has 0 aromatic heterocycles. The summed E-state index contributed by atoms with van der Waals surface area (Å²) < 4.78 is 27.1. The molecular weight excluding hydrogens is 356 g/mol. The molecule has 0 atom stereocenters. The Kier molecular flexibility index (Phi) is 5.44. The number of para-hydroxylation sites is 1. The minimum absolute atomic E-state index is 0.0185. The summed E-state index contributed by atoms with van der Waals surface area (Å²) >= 11 is 0. The predicted octanol–water partition coefficient (Wildman–Crippen LogP) is 2.09. The third-order valence-corrected chi connectivity index (χ3v) is 4.18. The van der Waals surface area contributed by atoms with E-state index >= 15 is 0 Å². The molecule has 2 aromatic carbocycles. The minimum Gasteiger partial charge on any atom is -0.354 e. The van der Waals surface area contributed by atoms with Gasteiger partial charge >= 0.3 is 6.03 Å². The Balaban J connectivity index is 1.55. The molecule has 0 bridgehead atoms. The van der Waals surface area contributed by atoms with Crippen molar-refractivity contribution < 1.29 is 23.2 Å². The number of halogens is 2. The summed E-state index contributed by atoms with van der Waals surface area (Å²) in [5.74, 6) is -2.44. The summed E-state index contributed by atoms with van der Waals surface area (Å²) in [4.78, 5) is 38.6. The van der Waals surface area contributed by atoms with Crippen LogP contribution in [0.2, 0.25) is 0 Å². The molecule has 1 saturated heterocycles. The van der Waals surface area contributed by atoms with Gasteiger partial charge in [0.25, 0.3) is 5.91 Å². The van der Waals surface area contributed by atoms with Crippen molar-refractivity contribution in [1.82, 2.24) is 10.2 Å². The number of nitrogens with one attached hydrogen (secondary N) is 1. The van der Waals surface area contributed by atoms with Crippen LogP contribution < -0.4 is 10.2 Å². The second-order valence-electron chi connectivity index (χ2n) is 5.98. The van der Waals surface area contributed by atoms with Crippen LogP contribution in [0.5, 0.6) is 0 Å². The summed E-state index contributed by atoms with van der Waals surface area (Å²) in [6.45, 7) is -0.605. The molecule has 3 rings (SSSR count). The topological polar surface area (TPSA) is 69.7 Å². The van der Waals surface area contributed by atoms with Gasteiger partial charge in [-0.3, -0.25) is 19.4 Å². The molecule has 0 unspecified atom stereocenters. The summed E-state index contributed by atoms with van der Waals surface area (Å²) in [5, 5.41) is 2.47. The standard InChI is InChI=1S/C19H17F2N3O3/c20-15-7-4-8-16(21)14(15)9-10-22-17(25)11-24-18(26)12-23(19(24)27)13-5-2-1-3-6-13/h1-8H,9-12H2,(H,22,25).